The Labute approximate surface area is 437 Å². The van der Waals surface area contributed by atoms with Gasteiger partial charge >= 0.3 is 0 Å². The molecule has 0 radical (unpaired) electrons. The zero-order chi connectivity index (χ0) is 54.1. The summed E-state index contributed by atoms with van der Waals surface area (Å²) in [5.74, 6) is 0. The first-order valence-electron chi connectivity index (χ1n) is 22.4. The number of hydrogen-bond acceptors (Lipinski definition) is 11. The van der Waals surface area contributed by atoms with Crippen LogP contribution in [-0.2, 0) is 0 Å². The van der Waals surface area contributed by atoms with E-state index in [-0.39, 0.29) is 124 Å². The molecule has 0 saturated carbocycles. The van der Waals surface area contributed by atoms with Gasteiger partial charge in [0.05, 0.1) is 120 Å². The monoisotopic (exact) mass is 979 g/mol. The van der Waals surface area contributed by atoms with Gasteiger partial charge in [-0.3, -0.25) is 19.4 Å². The fourth-order valence-corrected chi connectivity index (χ4v) is 8.72. The molecule has 0 bridgehead atoms. The van der Waals surface area contributed by atoms with Gasteiger partial charge in [0.25, 0.3) is 0 Å². The van der Waals surface area contributed by atoms with Crippen LogP contribution in [-0.4, -0.2) is 29.9 Å². The Bertz CT molecular complexity index is 4750. The van der Waals surface area contributed by atoms with Crippen LogP contribution in [0.5, 0.6) is 0 Å². The van der Waals surface area contributed by atoms with Gasteiger partial charge in [-0.1, -0.05) is 78.9 Å². The van der Waals surface area contributed by atoms with Crippen LogP contribution < -0.4 is 0 Å². The summed E-state index contributed by atoms with van der Waals surface area (Å²) in [5, 5.41) is 50.6. The van der Waals surface area contributed by atoms with Crippen molar-refractivity contribution in [2.24, 2.45) is 0 Å². The van der Waals surface area contributed by atoms with Crippen molar-refractivity contribution in [3.63, 3.8) is 0 Å². The molecule has 0 spiro atoms. The van der Waals surface area contributed by atoms with E-state index in [1.807, 2.05) is 12.1 Å². The summed E-state index contributed by atoms with van der Waals surface area (Å²) in [5.41, 5.74) is 5.17. The van der Waals surface area contributed by atoms with Gasteiger partial charge in [0.2, 0.25) is 11.4 Å². The van der Waals surface area contributed by atoms with E-state index >= 15 is 0 Å². The van der Waals surface area contributed by atoms with Crippen LogP contribution in [0.3, 0.4) is 0 Å². The summed E-state index contributed by atoms with van der Waals surface area (Å²) in [6.45, 7) is 48.9. The van der Waals surface area contributed by atoms with Crippen LogP contribution in [0, 0.1) is 103 Å². The Kier molecular flexibility index (Phi) is 11.9. The third-order valence-corrected chi connectivity index (χ3v) is 12.5. The first kappa shape index (κ1) is 47.6. The lowest BCUT2D eigenvalue weighted by molar-refractivity contribution is 1.24. The van der Waals surface area contributed by atoms with Crippen molar-refractivity contribution in [3.05, 3.63) is 211 Å². The molecular weight excluding hydrogens is 959 g/mol. The summed E-state index contributed by atoms with van der Waals surface area (Å²) < 4.78 is 0. The van der Waals surface area contributed by atoms with Crippen molar-refractivity contribution in [2.75, 3.05) is 0 Å². The van der Waals surface area contributed by atoms with Crippen LogP contribution in [0.2, 0.25) is 0 Å². The molecule has 0 fully saturated rings. The van der Waals surface area contributed by atoms with Gasteiger partial charge < -0.3 is 0 Å². The van der Waals surface area contributed by atoms with E-state index in [2.05, 4.69) is 47.3 Å². The summed E-state index contributed by atoms with van der Waals surface area (Å²) >= 11 is 0. The Morgan fingerprint density at radius 3 is 0.935 bits per heavy atom. The number of nitrogens with zero attached hydrogens (tertiary/aromatic N) is 17. The molecule has 10 rings (SSSR count). The molecule has 0 atom stereocenters. The maximum atomic E-state index is 10.3. The molecular formula is C60H21N17. The Hall–Kier alpha value is -13.1. The zero-order valence-corrected chi connectivity index (χ0v) is 39.5. The van der Waals surface area contributed by atoms with Gasteiger partial charge in [-0.05, 0) is 59.5 Å². The predicted molar refractivity (Wildman–Crippen MR) is 284 cm³/mol. The molecule has 0 aliphatic carbocycles. The largest absolute Gasteiger partial charge is 0.250 e. The standard InChI is InChI=1S/C60H21N17/c1-31-8-9-32(20-40(31)28-63)49-52(35-11-13-39(27-62)46(23-35)69-5)75-58-55(72-49)56-59(76-53(36-15-18-44(67-3)47(24-36)70-6)50(73-56)33-10-12-38(26-61)41(21-33)29-64)60-57(58)74-51(34-14-17-43(66-2)42(22-34)30-65)54(77-60)37-16-19-45(68-4)48(25-37)71-7/h8-25H,1H3. The Morgan fingerprint density at radius 2 is 0.571 bits per heavy atom. The van der Waals surface area contributed by atoms with E-state index < -0.39 is 0 Å². The highest BCUT2D eigenvalue weighted by atomic mass is 14.9. The molecule has 77 heavy (non-hydrogen) atoms. The van der Waals surface area contributed by atoms with Gasteiger partial charge in [0.15, 0.2) is 22.7 Å². The van der Waals surface area contributed by atoms with Gasteiger partial charge in [-0.25, -0.2) is 39.6 Å². The lowest BCUT2D eigenvalue weighted by Crippen LogP contribution is -2.05. The number of aromatic nitrogens is 6. The molecule has 17 heteroatoms. The van der Waals surface area contributed by atoms with E-state index in [0.717, 1.165) is 0 Å². The van der Waals surface area contributed by atoms with Crippen molar-refractivity contribution in [1.82, 2.24) is 29.9 Å². The molecule has 3 heterocycles. The van der Waals surface area contributed by atoms with E-state index in [1.165, 1.54) is 60.7 Å². The molecule has 0 amide bonds. The first-order valence-corrected chi connectivity index (χ1v) is 22.4. The molecule has 0 saturated heterocycles. The second kappa shape index (κ2) is 19.3. The van der Waals surface area contributed by atoms with Crippen LogP contribution >= 0.6 is 0 Å². The average molecular weight is 980 g/mol. The topological polar surface area (TPSA) is 222 Å². The molecule has 17 nitrogen and oxygen atoms in total. The quantitative estimate of drug-likeness (QED) is 0.113. The second-order valence-corrected chi connectivity index (χ2v) is 16.7. The number of benzene rings is 7. The van der Waals surface area contributed by atoms with Crippen LogP contribution in [0.4, 0.5) is 34.1 Å². The smallest absolute Gasteiger partial charge is 0.205 e. The molecule has 0 aliphatic heterocycles. The second-order valence-electron chi connectivity index (χ2n) is 16.7. The van der Waals surface area contributed by atoms with Crippen molar-refractivity contribution in [1.29, 1.82) is 26.3 Å². The predicted octanol–water partition coefficient (Wildman–Crippen LogP) is 14.5. The zero-order valence-electron chi connectivity index (χ0n) is 39.5. The van der Waals surface area contributed by atoms with Crippen molar-refractivity contribution in [2.45, 2.75) is 6.92 Å². The molecule has 346 valence electrons. The van der Waals surface area contributed by atoms with Gasteiger partial charge in [0.1, 0.15) is 45.2 Å². The lowest BCUT2D eigenvalue weighted by Gasteiger charge is -2.18. The lowest BCUT2D eigenvalue weighted by atomic mass is 9.97. The van der Waals surface area contributed by atoms with E-state index in [9.17, 15) is 26.3 Å². The van der Waals surface area contributed by atoms with Crippen LogP contribution in [0.15, 0.2) is 109 Å². The molecule has 0 unspecified atom stereocenters. The molecule has 7 aromatic carbocycles. The SMILES string of the molecule is [C-]#[N+]c1ccc(-c2nc3c4nc(-c5ccc(C#N)c([N+]#[C-])c5)c(-c5ccc(C)c(C#N)c5)nc4c4nc(-c5ccc(C#N)c(C#N)c5)c(-c5ccc([N+]#[C-])c([N+]#[C-])c5)nc4c3nc2-c2ccc([N+]#[C-])c([N+]#[C-])c2)cc1C#N. The number of rotatable bonds is 6. The maximum Gasteiger partial charge on any atom is 0.205 e. The fourth-order valence-electron chi connectivity index (χ4n) is 8.72. The van der Waals surface area contributed by atoms with Crippen molar-refractivity contribution in [3.8, 4) is 97.9 Å². The summed E-state index contributed by atoms with van der Waals surface area (Å²) in [6.07, 6.45) is 0. The number of fused-ring (bicyclic) bond motifs is 6. The van der Waals surface area contributed by atoms with Crippen molar-refractivity contribution >= 4 is 67.2 Å². The van der Waals surface area contributed by atoms with E-state index in [0.29, 0.717) is 44.5 Å². The Morgan fingerprint density at radius 1 is 0.286 bits per heavy atom. The summed E-state index contributed by atoms with van der Waals surface area (Å²) in [7, 11) is 0. The molecule has 10 aromatic rings. The van der Waals surface area contributed by atoms with Gasteiger partial charge in [-0.15, -0.1) is 0 Å². The highest BCUT2D eigenvalue weighted by Gasteiger charge is 2.27. The van der Waals surface area contributed by atoms with Crippen LogP contribution in [0.1, 0.15) is 33.4 Å². The Balaban J connectivity index is 1.48. The molecule has 0 N–H and O–H groups in total. The normalized spacial score (nSPS) is 10.3. The van der Waals surface area contributed by atoms with E-state index in [4.69, 9.17) is 69.3 Å². The minimum atomic E-state index is 0.0130. The third-order valence-electron chi connectivity index (χ3n) is 12.5. The summed E-state index contributed by atoms with van der Waals surface area (Å²) in [4.78, 5) is 53.3. The maximum absolute atomic E-state index is 10.3. The third kappa shape index (κ3) is 8.00. The number of nitriles is 5. The number of hydrogen-bond donors (Lipinski definition) is 0. The minimum Gasteiger partial charge on any atom is -0.250 e. The van der Waals surface area contributed by atoms with Crippen LogP contribution in [0.25, 0.3) is 130 Å². The molecule has 3 aromatic heterocycles. The summed E-state index contributed by atoms with van der Waals surface area (Å²) in [6, 6.07) is 38.5. The highest BCUT2D eigenvalue weighted by molar-refractivity contribution is 6.20. The number of aryl methyl sites for hydroxylation is 1. The van der Waals surface area contributed by atoms with E-state index in [1.54, 1.807) is 55.5 Å². The molecule has 0 aliphatic rings. The van der Waals surface area contributed by atoms with Crippen molar-refractivity contribution < 1.29 is 0 Å². The highest BCUT2D eigenvalue weighted by Crippen LogP contribution is 2.45. The van der Waals surface area contributed by atoms with Gasteiger partial charge in [0, 0.05) is 16.7 Å². The van der Waals surface area contributed by atoms with Gasteiger partial charge in [-0.2, -0.15) is 26.3 Å². The minimum absolute atomic E-state index is 0.0130. The fraction of sp³-hybridized carbons (Fsp3) is 0.0167. The average Bonchev–Trinajstić information content (AvgIpc) is 3.58. The first-order chi connectivity index (χ1) is 37.5.